The van der Waals surface area contributed by atoms with Gasteiger partial charge in [0.2, 0.25) is 15.9 Å². The van der Waals surface area contributed by atoms with E-state index in [1.54, 1.807) is 19.1 Å². The second-order valence-corrected chi connectivity index (χ2v) is 7.16. The van der Waals surface area contributed by atoms with E-state index in [0.717, 1.165) is 18.4 Å². The van der Waals surface area contributed by atoms with Gasteiger partial charge < -0.3 is 5.73 Å². The highest BCUT2D eigenvalue weighted by Crippen LogP contribution is 2.27. The molecule has 0 saturated carbocycles. The van der Waals surface area contributed by atoms with Crippen molar-refractivity contribution >= 4 is 15.9 Å². The van der Waals surface area contributed by atoms with Crippen LogP contribution >= 0.6 is 0 Å². The van der Waals surface area contributed by atoms with Crippen molar-refractivity contribution in [3.05, 3.63) is 29.3 Å². The highest BCUT2D eigenvalue weighted by molar-refractivity contribution is 7.89. The molecule has 5 nitrogen and oxygen atoms in total. The highest BCUT2D eigenvalue weighted by Gasteiger charge is 2.37. The van der Waals surface area contributed by atoms with Gasteiger partial charge in [-0.15, -0.1) is 0 Å². The van der Waals surface area contributed by atoms with Crippen LogP contribution in [-0.2, 0) is 14.8 Å². The standard InChI is InChI=1S/C14H20N2O3S/c1-10-6-7-11(2)13(9-10)20(18,19)16-8-4-3-5-12(16)14(15)17/h6-7,9,12H,3-5,8H2,1-2H3,(H2,15,17)/t12-/m1/s1. The van der Waals surface area contributed by atoms with Crippen LogP contribution in [0.15, 0.2) is 23.1 Å². The second-order valence-electron chi connectivity index (χ2n) is 5.30. The zero-order valence-electron chi connectivity index (χ0n) is 11.8. The lowest BCUT2D eigenvalue weighted by molar-refractivity contribution is -0.122. The van der Waals surface area contributed by atoms with Crippen LogP contribution in [0.3, 0.4) is 0 Å². The third-order valence-corrected chi connectivity index (χ3v) is 5.76. The Bertz CT molecular complexity index is 625. The minimum absolute atomic E-state index is 0.269. The number of carbonyl (C=O) groups is 1. The van der Waals surface area contributed by atoms with E-state index in [0.29, 0.717) is 18.5 Å². The predicted octanol–water partition coefficient (Wildman–Crippen LogP) is 1.33. The second kappa shape index (κ2) is 5.54. The van der Waals surface area contributed by atoms with E-state index in [2.05, 4.69) is 0 Å². The molecule has 1 saturated heterocycles. The molecule has 1 aromatic carbocycles. The Morgan fingerprint density at radius 1 is 1.30 bits per heavy atom. The van der Waals surface area contributed by atoms with Crippen molar-refractivity contribution in [2.75, 3.05) is 6.54 Å². The Morgan fingerprint density at radius 3 is 2.65 bits per heavy atom. The first kappa shape index (κ1) is 15.0. The van der Waals surface area contributed by atoms with Gasteiger partial charge in [-0.1, -0.05) is 18.6 Å². The van der Waals surface area contributed by atoms with Crippen LogP contribution in [-0.4, -0.2) is 31.2 Å². The Kier molecular flexibility index (Phi) is 4.15. The molecule has 0 radical (unpaired) electrons. The Balaban J connectivity index is 2.47. The molecule has 0 unspecified atom stereocenters. The lowest BCUT2D eigenvalue weighted by atomic mass is 10.0. The first-order valence-corrected chi connectivity index (χ1v) is 8.16. The molecule has 0 aromatic heterocycles. The first-order valence-electron chi connectivity index (χ1n) is 6.72. The van der Waals surface area contributed by atoms with Crippen LogP contribution in [0.1, 0.15) is 30.4 Å². The number of hydrogen-bond donors (Lipinski definition) is 1. The molecule has 2 N–H and O–H groups in total. The molecule has 1 amide bonds. The minimum atomic E-state index is -3.68. The third-order valence-electron chi connectivity index (χ3n) is 3.71. The summed E-state index contributed by atoms with van der Waals surface area (Å²) < 4.78 is 26.9. The van der Waals surface area contributed by atoms with Crippen LogP contribution in [0.5, 0.6) is 0 Å². The SMILES string of the molecule is Cc1ccc(C)c(S(=O)(=O)N2CCCC[C@@H]2C(N)=O)c1. The summed E-state index contributed by atoms with van der Waals surface area (Å²) in [6.07, 6.45) is 2.08. The Hall–Kier alpha value is -1.40. The molecule has 1 heterocycles. The van der Waals surface area contributed by atoms with Crippen molar-refractivity contribution in [3.63, 3.8) is 0 Å². The van der Waals surface area contributed by atoms with Gasteiger partial charge in [0, 0.05) is 6.54 Å². The molecule has 1 aromatic rings. The van der Waals surface area contributed by atoms with E-state index in [1.807, 2.05) is 13.0 Å². The number of benzene rings is 1. The summed E-state index contributed by atoms with van der Waals surface area (Å²) in [5.41, 5.74) is 6.92. The van der Waals surface area contributed by atoms with Gasteiger partial charge in [-0.25, -0.2) is 8.42 Å². The van der Waals surface area contributed by atoms with Crippen molar-refractivity contribution in [2.45, 2.75) is 44.0 Å². The molecule has 0 bridgehead atoms. The van der Waals surface area contributed by atoms with Gasteiger partial charge in [0.1, 0.15) is 6.04 Å². The van der Waals surface area contributed by atoms with Crippen molar-refractivity contribution in [1.82, 2.24) is 4.31 Å². The maximum absolute atomic E-state index is 12.8. The quantitative estimate of drug-likeness (QED) is 0.913. The van der Waals surface area contributed by atoms with Gasteiger partial charge in [-0.2, -0.15) is 4.31 Å². The molecular formula is C14H20N2O3S. The lowest BCUT2D eigenvalue weighted by Gasteiger charge is -2.33. The molecule has 20 heavy (non-hydrogen) atoms. The third kappa shape index (κ3) is 2.71. The number of carbonyl (C=O) groups excluding carboxylic acids is 1. The molecule has 0 spiro atoms. The number of aryl methyl sites for hydroxylation is 2. The highest BCUT2D eigenvalue weighted by atomic mass is 32.2. The number of nitrogens with zero attached hydrogens (tertiary/aromatic N) is 1. The van der Waals surface area contributed by atoms with Gasteiger partial charge in [0.15, 0.2) is 0 Å². The number of piperidine rings is 1. The maximum Gasteiger partial charge on any atom is 0.244 e. The molecule has 0 aliphatic carbocycles. The summed E-state index contributed by atoms with van der Waals surface area (Å²) in [4.78, 5) is 11.8. The van der Waals surface area contributed by atoms with E-state index in [-0.39, 0.29) is 4.90 Å². The van der Waals surface area contributed by atoms with Gasteiger partial charge >= 0.3 is 0 Å². The predicted molar refractivity (Wildman–Crippen MR) is 76.6 cm³/mol. The summed E-state index contributed by atoms with van der Waals surface area (Å²) in [6, 6.07) is 4.58. The fourth-order valence-electron chi connectivity index (χ4n) is 2.59. The van der Waals surface area contributed by atoms with Crippen molar-refractivity contribution in [2.24, 2.45) is 5.73 Å². The molecule has 110 valence electrons. The first-order chi connectivity index (χ1) is 9.34. The van der Waals surface area contributed by atoms with E-state index in [4.69, 9.17) is 5.73 Å². The molecule has 1 atom stereocenters. The van der Waals surface area contributed by atoms with Crippen LogP contribution in [0, 0.1) is 13.8 Å². The molecule has 1 fully saturated rings. The van der Waals surface area contributed by atoms with Crippen molar-refractivity contribution < 1.29 is 13.2 Å². The van der Waals surface area contributed by atoms with Crippen LogP contribution in [0.2, 0.25) is 0 Å². The van der Waals surface area contributed by atoms with Gasteiger partial charge in [0.25, 0.3) is 0 Å². The number of primary amides is 1. The summed E-state index contributed by atoms with van der Waals surface area (Å²) in [6.45, 7) is 3.96. The van der Waals surface area contributed by atoms with Crippen LogP contribution in [0.4, 0.5) is 0 Å². The number of sulfonamides is 1. The zero-order valence-corrected chi connectivity index (χ0v) is 12.6. The van der Waals surface area contributed by atoms with E-state index >= 15 is 0 Å². The summed E-state index contributed by atoms with van der Waals surface area (Å²) >= 11 is 0. The lowest BCUT2D eigenvalue weighted by Crippen LogP contribution is -2.50. The summed E-state index contributed by atoms with van der Waals surface area (Å²) in [5, 5.41) is 0. The minimum Gasteiger partial charge on any atom is -0.368 e. The fourth-order valence-corrected chi connectivity index (χ4v) is 4.56. The van der Waals surface area contributed by atoms with E-state index < -0.39 is 22.0 Å². The maximum atomic E-state index is 12.8. The largest absolute Gasteiger partial charge is 0.368 e. The van der Waals surface area contributed by atoms with Gasteiger partial charge in [-0.3, -0.25) is 4.79 Å². The van der Waals surface area contributed by atoms with Gasteiger partial charge in [0.05, 0.1) is 4.90 Å². The molecule has 1 aliphatic rings. The Labute approximate surface area is 119 Å². The van der Waals surface area contributed by atoms with E-state index in [1.165, 1.54) is 4.31 Å². The monoisotopic (exact) mass is 296 g/mol. The smallest absolute Gasteiger partial charge is 0.244 e. The van der Waals surface area contributed by atoms with Gasteiger partial charge in [-0.05, 0) is 43.9 Å². The zero-order chi connectivity index (χ0) is 14.9. The number of nitrogens with two attached hydrogens (primary N) is 1. The van der Waals surface area contributed by atoms with Crippen LogP contribution < -0.4 is 5.73 Å². The number of rotatable bonds is 3. The van der Waals surface area contributed by atoms with Crippen molar-refractivity contribution in [1.29, 1.82) is 0 Å². The summed E-state index contributed by atoms with van der Waals surface area (Å²) in [5.74, 6) is -0.571. The van der Waals surface area contributed by atoms with E-state index in [9.17, 15) is 13.2 Å². The molecule has 2 rings (SSSR count). The average Bonchev–Trinajstić information content (AvgIpc) is 2.41. The fraction of sp³-hybridized carbons (Fsp3) is 0.500. The molecule has 6 heteroatoms. The van der Waals surface area contributed by atoms with Crippen molar-refractivity contribution in [3.8, 4) is 0 Å². The topological polar surface area (TPSA) is 80.5 Å². The number of hydrogen-bond acceptors (Lipinski definition) is 3. The average molecular weight is 296 g/mol. The van der Waals surface area contributed by atoms with Crippen LogP contribution in [0.25, 0.3) is 0 Å². The summed E-state index contributed by atoms with van der Waals surface area (Å²) in [7, 11) is -3.68. The Morgan fingerprint density at radius 2 is 2.00 bits per heavy atom. The number of amides is 1. The molecule has 1 aliphatic heterocycles. The normalized spacial score (nSPS) is 20.8. The molecular weight excluding hydrogens is 276 g/mol.